The van der Waals surface area contributed by atoms with E-state index in [2.05, 4.69) is 12.6 Å². The summed E-state index contributed by atoms with van der Waals surface area (Å²) in [6, 6.07) is 0. The molecular formula is C11H20N2O2S. The number of carbonyl (C=O) groups is 2. The largest absolute Gasteiger partial charge is 0.335 e. The summed E-state index contributed by atoms with van der Waals surface area (Å²) < 4.78 is 0. The Kier molecular flexibility index (Phi) is 5.66. The number of likely N-dealkylation sites (N-methyl/N-ethyl adjacent to an activating group) is 1. The lowest BCUT2D eigenvalue weighted by Gasteiger charge is -2.31. The van der Waals surface area contributed by atoms with Gasteiger partial charge in [0.25, 0.3) is 0 Å². The van der Waals surface area contributed by atoms with Gasteiger partial charge in [0.1, 0.15) is 0 Å². The first-order valence-electron chi connectivity index (χ1n) is 5.77. The third kappa shape index (κ3) is 4.04. The first kappa shape index (κ1) is 13.4. The van der Waals surface area contributed by atoms with Crippen molar-refractivity contribution in [2.24, 2.45) is 0 Å². The van der Waals surface area contributed by atoms with E-state index in [1.165, 1.54) is 4.90 Å². The number of piperazine rings is 1. The quantitative estimate of drug-likeness (QED) is 0.554. The molecule has 16 heavy (non-hydrogen) atoms. The molecule has 4 nitrogen and oxygen atoms in total. The zero-order valence-electron chi connectivity index (χ0n) is 9.81. The van der Waals surface area contributed by atoms with E-state index in [1.54, 1.807) is 11.9 Å². The Labute approximate surface area is 102 Å². The van der Waals surface area contributed by atoms with Crippen LogP contribution in [0.3, 0.4) is 0 Å². The molecule has 0 aliphatic carbocycles. The predicted octanol–water partition coefficient (Wildman–Crippen LogP) is 0.777. The summed E-state index contributed by atoms with van der Waals surface area (Å²) in [6.45, 7) is 1.20. The molecule has 1 saturated heterocycles. The van der Waals surface area contributed by atoms with Crippen LogP contribution >= 0.6 is 12.6 Å². The molecule has 0 bridgehead atoms. The molecule has 92 valence electrons. The van der Waals surface area contributed by atoms with Gasteiger partial charge < -0.3 is 9.80 Å². The molecule has 0 spiro atoms. The second-order valence-electron chi connectivity index (χ2n) is 4.20. The smallest absolute Gasteiger partial charge is 0.242 e. The summed E-state index contributed by atoms with van der Waals surface area (Å²) in [5.41, 5.74) is 0. The fourth-order valence-corrected chi connectivity index (χ4v) is 1.96. The monoisotopic (exact) mass is 244 g/mol. The minimum Gasteiger partial charge on any atom is -0.335 e. The fourth-order valence-electron chi connectivity index (χ4n) is 1.74. The summed E-state index contributed by atoms with van der Waals surface area (Å²) in [4.78, 5) is 26.2. The Morgan fingerprint density at radius 1 is 1.06 bits per heavy atom. The van der Waals surface area contributed by atoms with Gasteiger partial charge in [-0.1, -0.05) is 12.8 Å². The summed E-state index contributed by atoms with van der Waals surface area (Å²) in [6.07, 6.45) is 4.36. The van der Waals surface area contributed by atoms with E-state index in [0.29, 0.717) is 6.54 Å². The van der Waals surface area contributed by atoms with E-state index in [9.17, 15) is 9.59 Å². The summed E-state index contributed by atoms with van der Waals surface area (Å²) in [5.74, 6) is 1.03. The molecule has 1 fully saturated rings. The molecule has 0 atom stereocenters. The maximum atomic E-state index is 11.6. The lowest BCUT2D eigenvalue weighted by molar-refractivity contribution is -0.148. The standard InChI is InChI=1S/C11H20N2O2S/c1-12-8-11(15)13(9-10(12)14)6-4-2-3-5-7-16/h16H,2-9H2,1H3. The van der Waals surface area contributed by atoms with Crippen LogP contribution in [0.1, 0.15) is 25.7 Å². The Bertz CT molecular complexity index is 258. The SMILES string of the molecule is CN1CC(=O)N(CCCCCCS)CC1=O. The first-order valence-corrected chi connectivity index (χ1v) is 6.41. The van der Waals surface area contributed by atoms with Crippen molar-refractivity contribution in [3.63, 3.8) is 0 Å². The lowest BCUT2D eigenvalue weighted by atomic mass is 10.2. The van der Waals surface area contributed by atoms with Gasteiger partial charge in [-0.2, -0.15) is 12.6 Å². The Morgan fingerprint density at radius 3 is 2.44 bits per heavy atom. The van der Waals surface area contributed by atoms with Gasteiger partial charge in [-0.25, -0.2) is 0 Å². The Morgan fingerprint density at radius 2 is 1.75 bits per heavy atom. The topological polar surface area (TPSA) is 40.6 Å². The van der Waals surface area contributed by atoms with E-state index in [1.807, 2.05) is 0 Å². The first-order chi connectivity index (χ1) is 7.65. The Balaban J connectivity index is 2.21. The van der Waals surface area contributed by atoms with Crippen molar-refractivity contribution < 1.29 is 9.59 Å². The summed E-state index contributed by atoms with van der Waals surface area (Å²) in [7, 11) is 1.67. The van der Waals surface area contributed by atoms with Gasteiger partial charge in [-0.3, -0.25) is 9.59 Å². The molecule has 1 aliphatic rings. The minimum atomic E-state index is 0.0370. The van der Waals surface area contributed by atoms with Gasteiger partial charge in [-0.15, -0.1) is 0 Å². The van der Waals surface area contributed by atoms with Crippen molar-refractivity contribution in [3.05, 3.63) is 0 Å². The highest BCUT2D eigenvalue weighted by Gasteiger charge is 2.26. The number of nitrogens with zero attached hydrogens (tertiary/aromatic N) is 2. The highest BCUT2D eigenvalue weighted by Crippen LogP contribution is 2.07. The van der Waals surface area contributed by atoms with Crippen molar-refractivity contribution in [1.82, 2.24) is 9.80 Å². The third-order valence-corrected chi connectivity index (χ3v) is 3.13. The number of hydrogen-bond donors (Lipinski definition) is 1. The molecule has 0 N–H and O–H groups in total. The number of carbonyl (C=O) groups excluding carboxylic acids is 2. The van der Waals surface area contributed by atoms with Crippen molar-refractivity contribution in [2.75, 3.05) is 32.4 Å². The highest BCUT2D eigenvalue weighted by molar-refractivity contribution is 7.80. The molecule has 1 heterocycles. The van der Waals surface area contributed by atoms with E-state index in [0.717, 1.165) is 31.4 Å². The molecular weight excluding hydrogens is 224 g/mol. The number of rotatable bonds is 6. The van der Waals surface area contributed by atoms with E-state index < -0.39 is 0 Å². The van der Waals surface area contributed by atoms with Crippen LogP contribution in [0.2, 0.25) is 0 Å². The van der Waals surface area contributed by atoms with Crippen molar-refractivity contribution in [3.8, 4) is 0 Å². The number of thiol groups is 1. The zero-order chi connectivity index (χ0) is 12.0. The molecule has 0 aromatic rings. The average molecular weight is 244 g/mol. The van der Waals surface area contributed by atoms with E-state index >= 15 is 0 Å². The minimum absolute atomic E-state index is 0.0370. The maximum Gasteiger partial charge on any atom is 0.242 e. The molecule has 0 aromatic heterocycles. The zero-order valence-corrected chi connectivity index (χ0v) is 10.7. The number of unbranched alkanes of at least 4 members (excludes halogenated alkanes) is 3. The number of hydrogen-bond acceptors (Lipinski definition) is 3. The van der Waals surface area contributed by atoms with Gasteiger partial charge in [0.15, 0.2) is 0 Å². The molecule has 0 unspecified atom stereocenters. The highest BCUT2D eigenvalue weighted by atomic mass is 32.1. The van der Waals surface area contributed by atoms with Crippen LogP contribution in [0.4, 0.5) is 0 Å². The Hall–Kier alpha value is -0.710. The molecule has 1 rings (SSSR count). The summed E-state index contributed by atoms with van der Waals surface area (Å²) >= 11 is 4.15. The maximum absolute atomic E-state index is 11.6. The third-order valence-electron chi connectivity index (χ3n) is 2.81. The molecule has 1 aliphatic heterocycles. The molecule has 0 aromatic carbocycles. The molecule has 0 saturated carbocycles. The van der Waals surface area contributed by atoms with Gasteiger partial charge in [0.05, 0.1) is 13.1 Å². The van der Waals surface area contributed by atoms with Crippen molar-refractivity contribution >= 4 is 24.4 Å². The van der Waals surface area contributed by atoms with Crippen molar-refractivity contribution in [2.45, 2.75) is 25.7 Å². The van der Waals surface area contributed by atoms with Gasteiger partial charge in [0, 0.05) is 13.6 Å². The lowest BCUT2D eigenvalue weighted by Crippen LogP contribution is -2.52. The van der Waals surface area contributed by atoms with Crippen LogP contribution in [0.15, 0.2) is 0 Å². The van der Waals surface area contributed by atoms with Crippen LogP contribution in [0.25, 0.3) is 0 Å². The summed E-state index contributed by atoms with van der Waals surface area (Å²) in [5, 5.41) is 0. The molecule has 5 heteroatoms. The van der Waals surface area contributed by atoms with Crippen LogP contribution in [0.5, 0.6) is 0 Å². The van der Waals surface area contributed by atoms with Gasteiger partial charge in [0.2, 0.25) is 11.8 Å². The van der Waals surface area contributed by atoms with Crippen LogP contribution < -0.4 is 0 Å². The van der Waals surface area contributed by atoms with Crippen LogP contribution in [-0.2, 0) is 9.59 Å². The van der Waals surface area contributed by atoms with Crippen LogP contribution in [0, 0.1) is 0 Å². The predicted molar refractivity (Wildman–Crippen MR) is 66.5 cm³/mol. The normalized spacial score (nSPS) is 17.1. The fraction of sp³-hybridized carbons (Fsp3) is 0.818. The van der Waals surface area contributed by atoms with E-state index in [-0.39, 0.29) is 24.9 Å². The second-order valence-corrected chi connectivity index (χ2v) is 4.65. The van der Waals surface area contributed by atoms with Crippen molar-refractivity contribution in [1.29, 1.82) is 0 Å². The molecule has 0 radical (unpaired) electrons. The van der Waals surface area contributed by atoms with Gasteiger partial charge in [-0.05, 0) is 18.6 Å². The second kappa shape index (κ2) is 6.78. The number of amides is 2. The van der Waals surface area contributed by atoms with Crippen LogP contribution in [-0.4, -0.2) is 54.0 Å². The van der Waals surface area contributed by atoms with Gasteiger partial charge >= 0.3 is 0 Å². The average Bonchev–Trinajstić information content (AvgIpc) is 2.25. The molecule has 2 amide bonds. The van der Waals surface area contributed by atoms with E-state index in [4.69, 9.17) is 0 Å².